The molecule has 9 nitrogen and oxygen atoms in total. The predicted octanol–water partition coefficient (Wildman–Crippen LogP) is 2.03. The van der Waals surface area contributed by atoms with Crippen molar-refractivity contribution in [3.63, 3.8) is 0 Å². The molecule has 2 amide bonds. The van der Waals surface area contributed by atoms with E-state index < -0.39 is 16.4 Å². The molecule has 0 aliphatic rings. The number of hydrogen-bond donors (Lipinski definition) is 1. The van der Waals surface area contributed by atoms with Gasteiger partial charge in [0.1, 0.15) is 5.69 Å². The molecule has 9 heteroatoms. The highest BCUT2D eigenvalue weighted by atomic mass is 16.6. The summed E-state index contributed by atoms with van der Waals surface area (Å²) < 4.78 is 1.21. The summed E-state index contributed by atoms with van der Waals surface area (Å²) in [6.45, 7) is 4.70. The van der Waals surface area contributed by atoms with Crippen LogP contribution in [0.2, 0.25) is 0 Å². The van der Waals surface area contributed by atoms with Gasteiger partial charge in [-0.3, -0.25) is 24.5 Å². The standard InChI is InChI=1S/C18H20N4O5/c1-4-21(5-2)17(24)13-10-15(18(25)20(3)11-13)19-16(23)12-7-6-8-14(9-12)22(26)27/h6-11H,4-5H2,1-3H3,(H,19,23). The molecule has 0 radical (unpaired) electrons. The number of nitrogens with zero attached hydrogens (tertiary/aromatic N) is 3. The third kappa shape index (κ3) is 4.38. The topological polar surface area (TPSA) is 115 Å². The van der Waals surface area contributed by atoms with Gasteiger partial charge in [0, 0.05) is 44.0 Å². The molecule has 0 aliphatic heterocycles. The van der Waals surface area contributed by atoms with Gasteiger partial charge in [-0.2, -0.15) is 0 Å². The van der Waals surface area contributed by atoms with E-state index in [9.17, 15) is 24.5 Å². The third-order valence-electron chi connectivity index (χ3n) is 4.05. The summed E-state index contributed by atoms with van der Waals surface area (Å²) in [6, 6.07) is 6.48. The summed E-state index contributed by atoms with van der Waals surface area (Å²) in [6.07, 6.45) is 1.41. The largest absolute Gasteiger partial charge is 0.339 e. The average molecular weight is 372 g/mol. The van der Waals surface area contributed by atoms with Gasteiger partial charge in [-0.15, -0.1) is 0 Å². The zero-order valence-electron chi connectivity index (χ0n) is 15.3. The minimum Gasteiger partial charge on any atom is -0.339 e. The van der Waals surface area contributed by atoms with Crippen molar-refractivity contribution in [2.45, 2.75) is 13.8 Å². The zero-order chi connectivity index (χ0) is 20.1. The second kappa shape index (κ2) is 8.26. The fraction of sp³-hybridized carbons (Fsp3) is 0.278. The van der Waals surface area contributed by atoms with E-state index >= 15 is 0 Å². The Balaban J connectivity index is 2.37. The maximum absolute atomic E-state index is 12.5. The number of amides is 2. The van der Waals surface area contributed by atoms with E-state index in [1.807, 2.05) is 13.8 Å². The average Bonchev–Trinajstić information content (AvgIpc) is 2.66. The lowest BCUT2D eigenvalue weighted by Crippen LogP contribution is -2.32. The number of carbonyl (C=O) groups is 2. The van der Waals surface area contributed by atoms with E-state index in [0.29, 0.717) is 13.1 Å². The molecule has 142 valence electrons. The Morgan fingerprint density at radius 3 is 2.44 bits per heavy atom. The van der Waals surface area contributed by atoms with Crippen LogP contribution in [-0.2, 0) is 7.05 Å². The van der Waals surface area contributed by atoms with Crippen molar-refractivity contribution in [2.24, 2.45) is 7.05 Å². The predicted molar refractivity (Wildman–Crippen MR) is 100.0 cm³/mol. The van der Waals surface area contributed by atoms with Gasteiger partial charge in [0.15, 0.2) is 0 Å². The van der Waals surface area contributed by atoms with Crippen molar-refractivity contribution in [1.82, 2.24) is 9.47 Å². The molecule has 0 unspecified atom stereocenters. The smallest absolute Gasteiger partial charge is 0.274 e. The van der Waals surface area contributed by atoms with Crippen LogP contribution in [0, 0.1) is 10.1 Å². The summed E-state index contributed by atoms with van der Waals surface area (Å²) >= 11 is 0. The Kier molecular flexibility index (Phi) is 6.07. The maximum Gasteiger partial charge on any atom is 0.274 e. The van der Waals surface area contributed by atoms with Gasteiger partial charge in [0.25, 0.3) is 23.1 Å². The van der Waals surface area contributed by atoms with Crippen LogP contribution in [0.1, 0.15) is 34.6 Å². The highest BCUT2D eigenvalue weighted by Crippen LogP contribution is 2.15. The monoisotopic (exact) mass is 372 g/mol. The number of non-ortho nitro benzene ring substituents is 1. The van der Waals surface area contributed by atoms with Crippen LogP contribution >= 0.6 is 0 Å². The lowest BCUT2D eigenvalue weighted by molar-refractivity contribution is -0.384. The van der Waals surface area contributed by atoms with Gasteiger partial charge in [-0.25, -0.2) is 0 Å². The fourth-order valence-corrected chi connectivity index (χ4v) is 2.57. The minimum absolute atomic E-state index is 0.0340. The molecule has 0 bridgehead atoms. The van der Waals surface area contributed by atoms with Crippen molar-refractivity contribution in [2.75, 3.05) is 18.4 Å². The number of aryl methyl sites for hydroxylation is 1. The molecule has 2 aromatic rings. The Morgan fingerprint density at radius 2 is 1.85 bits per heavy atom. The van der Waals surface area contributed by atoms with Crippen LogP contribution in [0.5, 0.6) is 0 Å². The van der Waals surface area contributed by atoms with E-state index in [1.165, 1.54) is 42.1 Å². The normalized spacial score (nSPS) is 10.3. The maximum atomic E-state index is 12.5. The quantitative estimate of drug-likeness (QED) is 0.615. The molecule has 0 spiro atoms. The summed E-state index contributed by atoms with van der Waals surface area (Å²) in [4.78, 5) is 49.1. The van der Waals surface area contributed by atoms with E-state index in [2.05, 4.69) is 5.32 Å². The van der Waals surface area contributed by atoms with E-state index in [0.717, 1.165) is 6.07 Å². The molecule has 1 heterocycles. The van der Waals surface area contributed by atoms with E-state index in [4.69, 9.17) is 0 Å². The molecule has 27 heavy (non-hydrogen) atoms. The first-order chi connectivity index (χ1) is 12.8. The molecule has 0 saturated heterocycles. The molecule has 1 N–H and O–H groups in total. The number of hydrogen-bond acceptors (Lipinski definition) is 5. The number of benzene rings is 1. The number of rotatable bonds is 6. The zero-order valence-corrected chi connectivity index (χ0v) is 15.3. The number of anilines is 1. The van der Waals surface area contributed by atoms with Crippen molar-refractivity contribution >= 4 is 23.2 Å². The first kappa shape index (κ1) is 19.8. The second-order valence-corrected chi connectivity index (χ2v) is 5.80. The number of pyridine rings is 1. The molecular formula is C18H20N4O5. The van der Waals surface area contributed by atoms with E-state index in [1.54, 1.807) is 4.90 Å². The Hall–Kier alpha value is -3.49. The molecule has 0 aliphatic carbocycles. The SMILES string of the molecule is CCN(CC)C(=O)c1cc(NC(=O)c2cccc([N+](=O)[O-])c2)c(=O)n(C)c1. The van der Waals surface area contributed by atoms with Crippen LogP contribution in [0.3, 0.4) is 0 Å². The Morgan fingerprint density at radius 1 is 1.19 bits per heavy atom. The summed E-state index contributed by atoms with van der Waals surface area (Å²) in [5.41, 5.74) is -0.514. The summed E-state index contributed by atoms with van der Waals surface area (Å²) in [5.74, 6) is -0.940. The second-order valence-electron chi connectivity index (χ2n) is 5.80. The van der Waals surface area contributed by atoms with Gasteiger partial charge < -0.3 is 14.8 Å². The van der Waals surface area contributed by atoms with Crippen LogP contribution in [0.4, 0.5) is 11.4 Å². The lowest BCUT2D eigenvalue weighted by atomic mass is 10.1. The van der Waals surface area contributed by atoms with Gasteiger partial charge in [0.05, 0.1) is 10.5 Å². The van der Waals surface area contributed by atoms with Gasteiger partial charge in [-0.05, 0) is 26.0 Å². The van der Waals surface area contributed by atoms with Crippen LogP contribution in [0.25, 0.3) is 0 Å². The van der Waals surface area contributed by atoms with Gasteiger partial charge in [0.2, 0.25) is 0 Å². The van der Waals surface area contributed by atoms with E-state index in [-0.39, 0.29) is 28.4 Å². The van der Waals surface area contributed by atoms with Crippen LogP contribution < -0.4 is 10.9 Å². The molecule has 0 fully saturated rings. The highest BCUT2D eigenvalue weighted by Gasteiger charge is 2.18. The molecule has 0 atom stereocenters. The number of aromatic nitrogens is 1. The van der Waals surface area contributed by atoms with Crippen LogP contribution in [0.15, 0.2) is 41.3 Å². The number of nitrogens with one attached hydrogen (secondary N) is 1. The van der Waals surface area contributed by atoms with Gasteiger partial charge in [-0.1, -0.05) is 6.07 Å². The highest BCUT2D eigenvalue weighted by molar-refractivity contribution is 6.05. The summed E-state index contributed by atoms with van der Waals surface area (Å²) in [7, 11) is 1.48. The fourth-order valence-electron chi connectivity index (χ4n) is 2.57. The van der Waals surface area contributed by atoms with Crippen molar-refractivity contribution < 1.29 is 14.5 Å². The minimum atomic E-state index is -0.678. The van der Waals surface area contributed by atoms with Crippen LogP contribution in [-0.4, -0.2) is 39.3 Å². The third-order valence-corrected chi connectivity index (χ3v) is 4.05. The number of nitro benzene ring substituents is 1. The van der Waals surface area contributed by atoms with Crippen molar-refractivity contribution in [3.05, 3.63) is 68.1 Å². The first-order valence-corrected chi connectivity index (χ1v) is 8.34. The molecule has 1 aromatic heterocycles. The molecule has 0 saturated carbocycles. The molecular weight excluding hydrogens is 352 g/mol. The molecule has 1 aromatic carbocycles. The number of nitro groups is 1. The van der Waals surface area contributed by atoms with Gasteiger partial charge >= 0.3 is 0 Å². The lowest BCUT2D eigenvalue weighted by Gasteiger charge is -2.19. The number of carbonyl (C=O) groups excluding carboxylic acids is 2. The van der Waals surface area contributed by atoms with Crippen molar-refractivity contribution in [3.8, 4) is 0 Å². The Bertz CT molecular complexity index is 947. The summed E-state index contributed by atoms with van der Waals surface area (Å²) in [5, 5.41) is 13.3. The first-order valence-electron chi connectivity index (χ1n) is 8.34. The molecule has 2 rings (SSSR count). The van der Waals surface area contributed by atoms with Crippen molar-refractivity contribution in [1.29, 1.82) is 0 Å². The Labute approximate surface area is 155 Å².